The largest absolute Gasteiger partial charge is 0.497 e. The van der Waals surface area contributed by atoms with Crippen LogP contribution < -0.4 is 19.7 Å². The Hall–Kier alpha value is -4.31. The van der Waals surface area contributed by atoms with E-state index in [1.54, 1.807) is 26.6 Å². The molecule has 0 atom stereocenters. The summed E-state index contributed by atoms with van der Waals surface area (Å²) in [7, 11) is 3.25. The summed E-state index contributed by atoms with van der Waals surface area (Å²) >= 11 is 0. The van der Waals surface area contributed by atoms with Crippen LogP contribution in [0.4, 0.5) is 5.82 Å². The van der Waals surface area contributed by atoms with Crippen LogP contribution >= 0.6 is 0 Å². The number of amides is 1. The molecule has 0 aliphatic carbocycles. The van der Waals surface area contributed by atoms with Crippen LogP contribution in [0.25, 0.3) is 22.3 Å². The van der Waals surface area contributed by atoms with Crippen molar-refractivity contribution in [1.82, 2.24) is 30.2 Å². The molecule has 1 aromatic carbocycles. The van der Waals surface area contributed by atoms with Crippen LogP contribution in [0.3, 0.4) is 0 Å². The van der Waals surface area contributed by atoms with Gasteiger partial charge in [0, 0.05) is 67.6 Å². The molecule has 2 aliphatic rings. The number of piperidine rings is 1. The first-order chi connectivity index (χ1) is 21.0. The Morgan fingerprint density at radius 1 is 1.02 bits per heavy atom. The Morgan fingerprint density at radius 2 is 1.84 bits per heavy atom. The van der Waals surface area contributed by atoms with Crippen molar-refractivity contribution in [1.29, 1.82) is 0 Å². The lowest BCUT2D eigenvalue weighted by Gasteiger charge is -2.39. The maximum Gasteiger partial charge on any atom is 0.222 e. The van der Waals surface area contributed by atoms with Crippen LogP contribution in [0.5, 0.6) is 11.5 Å². The molecule has 0 bridgehead atoms. The molecule has 0 saturated carbocycles. The van der Waals surface area contributed by atoms with Gasteiger partial charge in [-0.3, -0.25) is 14.8 Å². The van der Waals surface area contributed by atoms with E-state index in [9.17, 15) is 4.79 Å². The van der Waals surface area contributed by atoms with E-state index in [1.165, 1.54) is 6.42 Å². The van der Waals surface area contributed by atoms with Crippen molar-refractivity contribution in [2.75, 3.05) is 45.3 Å². The van der Waals surface area contributed by atoms with Crippen LogP contribution in [0.1, 0.15) is 43.9 Å². The maximum atomic E-state index is 13.1. The monoisotopic (exact) mass is 581 g/mol. The van der Waals surface area contributed by atoms with E-state index in [2.05, 4.69) is 21.3 Å². The quantitative estimate of drug-likeness (QED) is 0.303. The molecular formula is C33H39N7O3. The molecule has 1 spiro atoms. The number of hydrogen-bond donors (Lipinski definition) is 1. The number of carbonyl (C=O) groups is 1. The highest BCUT2D eigenvalue weighted by Gasteiger charge is 2.37. The summed E-state index contributed by atoms with van der Waals surface area (Å²) in [6, 6.07) is 11.6. The first-order valence-corrected chi connectivity index (χ1v) is 15.0. The predicted octanol–water partition coefficient (Wildman–Crippen LogP) is 4.62. The van der Waals surface area contributed by atoms with Crippen LogP contribution in [-0.4, -0.2) is 71.1 Å². The number of carbonyl (C=O) groups excluding carboxylic acids is 1. The van der Waals surface area contributed by atoms with E-state index < -0.39 is 0 Å². The van der Waals surface area contributed by atoms with Gasteiger partial charge in [0.2, 0.25) is 5.91 Å². The zero-order valence-electron chi connectivity index (χ0n) is 25.2. The summed E-state index contributed by atoms with van der Waals surface area (Å²) in [5.41, 5.74) is 3.79. The number of pyridine rings is 2. The second-order valence-electron chi connectivity index (χ2n) is 11.5. The lowest BCUT2D eigenvalue weighted by atomic mass is 9.78. The molecule has 3 aromatic heterocycles. The van der Waals surface area contributed by atoms with Gasteiger partial charge in [-0.1, -0.05) is 6.92 Å². The zero-order chi connectivity index (χ0) is 29.8. The van der Waals surface area contributed by atoms with Crippen molar-refractivity contribution >= 4 is 22.6 Å². The SMILES string of the molecule is CCC(=O)N(Cc1cc2c(N3CCC4(CCNC4)CC3)nc(-c3ccncc3)nc2cn1)Cc1ccc(OC)cc1OC. The molecule has 0 unspecified atom stereocenters. The highest BCUT2D eigenvalue weighted by atomic mass is 16.5. The highest BCUT2D eigenvalue weighted by molar-refractivity contribution is 5.91. The number of methoxy groups -OCH3 is 2. The summed E-state index contributed by atoms with van der Waals surface area (Å²) in [6.45, 7) is 6.72. The van der Waals surface area contributed by atoms with Gasteiger partial charge < -0.3 is 24.6 Å². The van der Waals surface area contributed by atoms with Gasteiger partial charge in [0.05, 0.1) is 38.2 Å². The third-order valence-corrected chi connectivity index (χ3v) is 8.88. The summed E-state index contributed by atoms with van der Waals surface area (Å²) < 4.78 is 11.0. The van der Waals surface area contributed by atoms with E-state index in [4.69, 9.17) is 24.4 Å². The van der Waals surface area contributed by atoms with Crippen molar-refractivity contribution < 1.29 is 14.3 Å². The van der Waals surface area contributed by atoms with E-state index >= 15 is 0 Å². The molecular weight excluding hydrogens is 542 g/mol. The van der Waals surface area contributed by atoms with Gasteiger partial charge in [0.25, 0.3) is 0 Å². The molecule has 0 radical (unpaired) electrons. The van der Waals surface area contributed by atoms with Crippen molar-refractivity contribution in [2.24, 2.45) is 5.41 Å². The number of nitrogens with one attached hydrogen (secondary N) is 1. The molecule has 10 nitrogen and oxygen atoms in total. The number of anilines is 1. The number of hydrogen-bond acceptors (Lipinski definition) is 9. The predicted molar refractivity (Wildman–Crippen MR) is 166 cm³/mol. The molecule has 10 heteroatoms. The molecule has 43 heavy (non-hydrogen) atoms. The van der Waals surface area contributed by atoms with Crippen molar-refractivity contribution in [2.45, 2.75) is 45.7 Å². The Morgan fingerprint density at radius 3 is 2.53 bits per heavy atom. The van der Waals surface area contributed by atoms with Crippen LogP contribution in [0.15, 0.2) is 55.0 Å². The van der Waals surface area contributed by atoms with Gasteiger partial charge >= 0.3 is 0 Å². The number of nitrogens with zero attached hydrogens (tertiary/aromatic N) is 6. The molecule has 2 fully saturated rings. The van der Waals surface area contributed by atoms with E-state index in [1.807, 2.05) is 48.4 Å². The molecule has 6 rings (SSSR count). The molecule has 1 N–H and O–H groups in total. The minimum absolute atomic E-state index is 0.0378. The lowest BCUT2D eigenvalue weighted by molar-refractivity contribution is -0.132. The number of rotatable bonds is 9. The lowest BCUT2D eigenvalue weighted by Crippen LogP contribution is -2.41. The van der Waals surface area contributed by atoms with Crippen molar-refractivity contribution in [3.63, 3.8) is 0 Å². The normalized spacial score (nSPS) is 16.0. The Bertz CT molecular complexity index is 1580. The Kier molecular flexibility index (Phi) is 8.38. The molecule has 1 amide bonds. The smallest absolute Gasteiger partial charge is 0.222 e. The van der Waals surface area contributed by atoms with Gasteiger partial charge in [0.15, 0.2) is 5.82 Å². The van der Waals surface area contributed by atoms with Crippen molar-refractivity contribution in [3.8, 4) is 22.9 Å². The van der Waals surface area contributed by atoms with Crippen molar-refractivity contribution in [3.05, 3.63) is 66.2 Å². The Labute approximate surface area is 252 Å². The average molecular weight is 582 g/mol. The minimum atomic E-state index is 0.0378. The summed E-state index contributed by atoms with van der Waals surface area (Å²) in [4.78, 5) is 36.3. The van der Waals surface area contributed by atoms with E-state index in [-0.39, 0.29) is 5.91 Å². The second kappa shape index (κ2) is 12.5. The summed E-state index contributed by atoms with van der Waals surface area (Å²) in [5, 5.41) is 4.52. The topological polar surface area (TPSA) is 106 Å². The van der Waals surface area contributed by atoms with Gasteiger partial charge in [-0.05, 0) is 61.6 Å². The van der Waals surface area contributed by atoms with Gasteiger partial charge in [0.1, 0.15) is 17.3 Å². The molecule has 224 valence electrons. The number of aromatic nitrogens is 4. The maximum absolute atomic E-state index is 13.1. The number of benzene rings is 1. The minimum Gasteiger partial charge on any atom is -0.497 e. The fourth-order valence-corrected chi connectivity index (χ4v) is 6.27. The third kappa shape index (κ3) is 6.10. The first kappa shape index (κ1) is 28.8. The second-order valence-corrected chi connectivity index (χ2v) is 11.5. The summed E-state index contributed by atoms with van der Waals surface area (Å²) in [6.07, 6.45) is 9.24. The van der Waals surface area contributed by atoms with Gasteiger partial charge in [-0.2, -0.15) is 0 Å². The third-order valence-electron chi connectivity index (χ3n) is 8.88. The highest BCUT2D eigenvalue weighted by Crippen LogP contribution is 2.39. The average Bonchev–Trinajstić information content (AvgIpc) is 3.52. The van der Waals surface area contributed by atoms with Crippen LogP contribution in [0, 0.1) is 5.41 Å². The van der Waals surface area contributed by atoms with Crippen LogP contribution in [-0.2, 0) is 17.9 Å². The zero-order valence-corrected chi connectivity index (χ0v) is 25.2. The standard InChI is InChI=1S/C33H39N7O3/c1-4-30(41)40(20-24-5-6-26(42-2)18-29(24)43-3)21-25-17-27-28(19-36-25)37-31(23-7-12-34-13-8-23)38-32(27)39-15-10-33(11-16-39)9-14-35-22-33/h5-8,12-13,17-19,35H,4,9-11,14-16,20-22H2,1-3H3. The molecule has 4 aromatic rings. The number of ether oxygens (including phenoxy) is 2. The first-order valence-electron chi connectivity index (χ1n) is 15.0. The van der Waals surface area contributed by atoms with E-state index in [0.717, 1.165) is 72.6 Å². The van der Waals surface area contributed by atoms with Crippen LogP contribution in [0.2, 0.25) is 0 Å². The summed E-state index contributed by atoms with van der Waals surface area (Å²) in [5.74, 6) is 3.01. The fourth-order valence-electron chi connectivity index (χ4n) is 6.27. The fraction of sp³-hybridized carbons (Fsp3) is 0.424. The molecule has 5 heterocycles. The van der Waals surface area contributed by atoms with Gasteiger partial charge in [-0.25, -0.2) is 9.97 Å². The Balaban J connectivity index is 1.34. The number of fused-ring (bicyclic) bond motifs is 1. The molecule has 2 aliphatic heterocycles. The molecule has 2 saturated heterocycles. The van der Waals surface area contributed by atoms with Gasteiger partial charge in [-0.15, -0.1) is 0 Å². The van der Waals surface area contributed by atoms with E-state index in [0.29, 0.717) is 42.2 Å².